The lowest BCUT2D eigenvalue weighted by atomic mass is 10.1. The van der Waals surface area contributed by atoms with Gasteiger partial charge < -0.3 is 5.53 Å². The summed E-state index contributed by atoms with van der Waals surface area (Å²) < 4.78 is 60.7. The minimum absolute atomic E-state index is 0.310. The predicted octanol–water partition coefficient (Wildman–Crippen LogP) is 3.00. The van der Waals surface area contributed by atoms with Crippen LogP contribution in [0, 0.1) is 11.7 Å². The fourth-order valence-corrected chi connectivity index (χ4v) is 6.07. The van der Waals surface area contributed by atoms with Gasteiger partial charge in [-0.2, -0.15) is 0 Å². The molecule has 0 aromatic heterocycles. The maximum Gasteiger partial charge on any atom is 0.495 e. The number of benzene rings is 1. The first-order chi connectivity index (χ1) is 12.7. The summed E-state index contributed by atoms with van der Waals surface area (Å²) in [4.78, 5) is 2.54. The minimum Gasteiger partial charge on any atom is -0.359 e. The average Bonchev–Trinajstić information content (AvgIpc) is 3.10. The van der Waals surface area contributed by atoms with Crippen LogP contribution in [-0.4, -0.2) is 37.5 Å². The third kappa shape index (κ3) is 6.23. The third-order valence-electron chi connectivity index (χ3n) is 4.23. The Labute approximate surface area is 158 Å². The van der Waals surface area contributed by atoms with Gasteiger partial charge in [-0.05, 0) is 36.5 Å². The van der Waals surface area contributed by atoms with Crippen LogP contribution in [0.25, 0.3) is 11.6 Å². The lowest BCUT2D eigenvalue weighted by Crippen LogP contribution is -2.29. The van der Waals surface area contributed by atoms with Crippen LogP contribution >= 0.6 is 0 Å². The number of allylic oxidation sites excluding steroid dienone is 1. The van der Waals surface area contributed by atoms with Gasteiger partial charge in [0.25, 0.3) is 19.7 Å². The summed E-state index contributed by atoms with van der Waals surface area (Å²) in [7, 11) is -8.62. The molecule has 0 unspecified atom stereocenters. The van der Waals surface area contributed by atoms with E-state index in [9.17, 15) is 21.2 Å². The molecular weight excluding hydrogens is 391 g/mol. The predicted molar refractivity (Wildman–Crippen MR) is 103 cm³/mol. The molecule has 0 aliphatic heterocycles. The summed E-state index contributed by atoms with van der Waals surface area (Å²) in [5.41, 5.74) is 9.55. The second kappa shape index (κ2) is 9.21. The van der Waals surface area contributed by atoms with Gasteiger partial charge >= 0.3 is 4.38 Å². The third-order valence-corrected chi connectivity index (χ3v) is 8.25. The van der Waals surface area contributed by atoms with Gasteiger partial charge in [-0.25, -0.2) is 21.2 Å². The molecule has 27 heavy (non-hydrogen) atoms. The Bertz CT molecular complexity index is 969. The number of hydrogen-bond donors (Lipinski definition) is 0. The molecule has 0 spiro atoms. The molecule has 2 rings (SSSR count). The summed E-state index contributed by atoms with van der Waals surface area (Å²) in [6.07, 6.45) is 10.0. The van der Waals surface area contributed by atoms with Crippen molar-refractivity contribution < 1.29 is 26.0 Å². The van der Waals surface area contributed by atoms with Crippen molar-refractivity contribution >= 4 is 30.1 Å². The summed E-state index contributed by atoms with van der Waals surface area (Å²) in [6.45, 7) is 0. The van der Waals surface area contributed by atoms with Crippen molar-refractivity contribution in [3.8, 4) is 0 Å². The lowest BCUT2D eigenvalue weighted by molar-refractivity contribution is 0.00385. The van der Waals surface area contributed by atoms with Crippen LogP contribution in [0.15, 0.2) is 42.5 Å². The first kappa shape index (κ1) is 21.2. The van der Waals surface area contributed by atoms with E-state index in [2.05, 4.69) is 4.79 Å². The van der Waals surface area contributed by atoms with Crippen molar-refractivity contribution in [2.75, 3.05) is 11.5 Å². The van der Waals surface area contributed by atoms with E-state index in [1.165, 1.54) is 42.5 Å². The molecule has 1 aromatic carbocycles. The van der Waals surface area contributed by atoms with Crippen molar-refractivity contribution in [2.24, 2.45) is 5.92 Å². The van der Waals surface area contributed by atoms with Gasteiger partial charge in [0.05, 0.1) is 11.5 Å². The number of sulfone groups is 2. The molecule has 9 heteroatoms. The number of nitrogens with zero attached hydrogens (tertiary/aromatic N) is 2. The lowest BCUT2D eigenvalue weighted by Gasteiger charge is -2.00. The van der Waals surface area contributed by atoms with Crippen molar-refractivity contribution in [2.45, 2.75) is 25.7 Å². The molecule has 1 saturated carbocycles. The fourth-order valence-electron chi connectivity index (χ4n) is 2.87. The zero-order valence-corrected chi connectivity index (χ0v) is 16.3. The van der Waals surface area contributed by atoms with E-state index in [1.807, 2.05) is 0 Å². The van der Waals surface area contributed by atoms with Gasteiger partial charge in [0, 0.05) is 0 Å². The normalized spacial score (nSPS) is 16.2. The van der Waals surface area contributed by atoms with Crippen molar-refractivity contribution in [1.82, 2.24) is 0 Å². The Morgan fingerprint density at radius 2 is 1.59 bits per heavy atom. The summed E-state index contributed by atoms with van der Waals surface area (Å²) >= 11 is 0. The van der Waals surface area contributed by atoms with Gasteiger partial charge in [-0.3, -0.25) is 0 Å². The Balaban J connectivity index is 2.06. The highest BCUT2D eigenvalue weighted by atomic mass is 32.3. The molecule has 0 bridgehead atoms. The molecule has 0 amide bonds. The zero-order chi connectivity index (χ0) is 19.9. The Kier molecular flexibility index (Phi) is 7.24. The van der Waals surface area contributed by atoms with Crippen LogP contribution in [0.1, 0.15) is 31.2 Å². The van der Waals surface area contributed by atoms with E-state index in [0.717, 1.165) is 25.7 Å². The highest BCUT2D eigenvalue weighted by Gasteiger charge is 2.39. The van der Waals surface area contributed by atoms with Crippen LogP contribution in [0.2, 0.25) is 0 Å². The maximum atomic E-state index is 12.8. The van der Waals surface area contributed by atoms with E-state index in [0.29, 0.717) is 11.5 Å². The highest BCUT2D eigenvalue weighted by Crippen LogP contribution is 2.25. The fraction of sp³-hybridized carbons (Fsp3) is 0.389. The molecule has 0 heterocycles. The molecule has 1 aliphatic rings. The van der Waals surface area contributed by atoms with Gasteiger partial charge in [-0.15, -0.1) is 4.79 Å². The second-order valence-electron chi connectivity index (χ2n) is 6.36. The topological polar surface area (TPSA) is 105 Å². The molecule has 1 aromatic rings. The molecule has 0 radical (unpaired) electrons. The van der Waals surface area contributed by atoms with Crippen LogP contribution in [0.3, 0.4) is 0 Å². The van der Waals surface area contributed by atoms with Gasteiger partial charge in [0.1, 0.15) is 5.82 Å². The van der Waals surface area contributed by atoms with Crippen LogP contribution in [0.5, 0.6) is 0 Å². The molecule has 0 N–H and O–H groups in total. The van der Waals surface area contributed by atoms with Crippen LogP contribution in [-0.2, 0) is 19.7 Å². The smallest absolute Gasteiger partial charge is 0.359 e. The standard InChI is InChI=1S/C18H21FN2O4S2/c19-17-11-9-16(10-12-17)8-4-14-27(24,25)18(21-20)26(22,23)13-3-7-15-5-1-2-6-15/h3-4,7-12,15H,1-2,5-6,13-14H2. The number of rotatable bonds is 6. The minimum atomic E-state index is -4.34. The van der Waals surface area contributed by atoms with Gasteiger partial charge in [0.15, 0.2) is 0 Å². The van der Waals surface area contributed by atoms with Crippen molar-refractivity contribution in [1.29, 1.82) is 0 Å². The van der Waals surface area contributed by atoms with E-state index >= 15 is 0 Å². The first-order valence-electron chi connectivity index (χ1n) is 8.51. The maximum absolute atomic E-state index is 12.8. The average molecular weight is 413 g/mol. The van der Waals surface area contributed by atoms with E-state index < -0.39 is 41.4 Å². The summed E-state index contributed by atoms with van der Waals surface area (Å²) in [5, 5.41) is 0. The Morgan fingerprint density at radius 3 is 2.15 bits per heavy atom. The van der Waals surface area contributed by atoms with Crippen LogP contribution in [0.4, 0.5) is 4.39 Å². The van der Waals surface area contributed by atoms with Crippen molar-refractivity contribution in [3.63, 3.8) is 0 Å². The second-order valence-corrected chi connectivity index (χ2v) is 10.5. The summed E-state index contributed by atoms with van der Waals surface area (Å²) in [5.74, 6) is -1.31. The largest absolute Gasteiger partial charge is 0.495 e. The first-order valence-corrected chi connectivity index (χ1v) is 11.8. The Morgan fingerprint density at radius 1 is 1.04 bits per heavy atom. The molecule has 1 fully saturated rings. The SMILES string of the molecule is [N-]=[N+]=C(S(=O)(=O)CC=Cc1ccc(F)cc1)S(=O)(=O)CC=CC1CCCC1. The van der Waals surface area contributed by atoms with E-state index in [4.69, 9.17) is 5.53 Å². The molecule has 6 nitrogen and oxygen atoms in total. The molecular formula is C18H21FN2O4S2. The molecule has 146 valence electrons. The van der Waals surface area contributed by atoms with Crippen LogP contribution < -0.4 is 0 Å². The van der Waals surface area contributed by atoms with Gasteiger partial charge in [-0.1, -0.05) is 49.3 Å². The molecule has 0 atom stereocenters. The monoisotopic (exact) mass is 412 g/mol. The van der Waals surface area contributed by atoms with Crippen molar-refractivity contribution in [3.05, 3.63) is 59.4 Å². The zero-order valence-electron chi connectivity index (χ0n) is 14.7. The highest BCUT2D eigenvalue weighted by molar-refractivity contribution is 8.31. The van der Waals surface area contributed by atoms with E-state index in [-0.39, 0.29) is 0 Å². The number of halogens is 1. The molecule has 1 aliphatic carbocycles. The molecule has 0 saturated heterocycles. The Hall–Kier alpha value is -2.09. The van der Waals surface area contributed by atoms with Gasteiger partial charge in [0.2, 0.25) is 0 Å². The van der Waals surface area contributed by atoms with E-state index in [1.54, 1.807) is 6.08 Å². The summed E-state index contributed by atoms with van der Waals surface area (Å²) in [6, 6.07) is 5.33. The quantitative estimate of drug-likeness (QED) is 0.235. The number of hydrogen-bond acceptors (Lipinski definition) is 4.